The monoisotopic (exact) mass is 256 g/mol. The van der Waals surface area contributed by atoms with Gasteiger partial charge in [0, 0.05) is 23.1 Å². The highest BCUT2D eigenvalue weighted by Gasteiger charge is 2.17. The first-order chi connectivity index (χ1) is 8.56. The predicted molar refractivity (Wildman–Crippen MR) is 60.5 cm³/mol. The Morgan fingerprint density at radius 2 is 1.72 bits per heavy atom. The summed E-state index contributed by atoms with van der Waals surface area (Å²) in [5.74, 6) is 0.598. The summed E-state index contributed by atoms with van der Waals surface area (Å²) in [7, 11) is 2.80. The van der Waals surface area contributed by atoms with Crippen LogP contribution in [0.3, 0.4) is 0 Å². The van der Waals surface area contributed by atoms with Gasteiger partial charge in [0.05, 0.1) is 14.2 Å². The third-order valence-electron chi connectivity index (χ3n) is 2.52. The summed E-state index contributed by atoms with van der Waals surface area (Å²) in [4.78, 5) is 11.2. The second-order valence-electron chi connectivity index (χ2n) is 3.52. The van der Waals surface area contributed by atoms with E-state index in [1.165, 1.54) is 26.4 Å². The molecule has 2 rings (SSSR count). The lowest BCUT2D eigenvalue weighted by Gasteiger charge is -2.10. The third kappa shape index (κ3) is 2.01. The summed E-state index contributed by atoms with van der Waals surface area (Å²) in [6, 6.07) is 3.49. The van der Waals surface area contributed by atoms with E-state index in [1.54, 1.807) is 0 Å². The molecule has 1 aromatic carbocycles. The van der Waals surface area contributed by atoms with Crippen molar-refractivity contribution in [1.29, 1.82) is 0 Å². The summed E-state index contributed by atoms with van der Waals surface area (Å²) in [6.45, 7) is 0. The molecule has 1 aromatic heterocycles. The van der Waals surface area contributed by atoms with Crippen molar-refractivity contribution in [2.75, 3.05) is 14.2 Å². The number of halogens is 2. The molecule has 4 nitrogen and oxygen atoms in total. The smallest absolute Gasteiger partial charge is 0.336 e. The average molecular weight is 256 g/mol. The van der Waals surface area contributed by atoms with Gasteiger partial charge < -0.3 is 13.9 Å². The molecule has 18 heavy (non-hydrogen) atoms. The van der Waals surface area contributed by atoms with E-state index in [9.17, 15) is 13.6 Å². The van der Waals surface area contributed by atoms with E-state index >= 15 is 0 Å². The van der Waals surface area contributed by atoms with E-state index in [-0.39, 0.29) is 16.5 Å². The number of rotatable bonds is 3. The first kappa shape index (κ1) is 12.3. The Morgan fingerprint density at radius 3 is 2.28 bits per heavy atom. The van der Waals surface area contributed by atoms with Crippen molar-refractivity contribution in [2.24, 2.45) is 0 Å². The molecule has 0 atom stereocenters. The highest BCUT2D eigenvalue weighted by atomic mass is 19.3. The zero-order valence-corrected chi connectivity index (χ0v) is 9.70. The number of ether oxygens (including phenoxy) is 2. The fourth-order valence-corrected chi connectivity index (χ4v) is 1.69. The molecule has 0 aliphatic carbocycles. The maximum atomic E-state index is 12.8. The van der Waals surface area contributed by atoms with Crippen LogP contribution in [0.2, 0.25) is 0 Å². The van der Waals surface area contributed by atoms with Gasteiger partial charge in [0.1, 0.15) is 5.58 Å². The Labute approximate surface area is 101 Å². The molecular weight excluding hydrogens is 246 g/mol. The molecule has 2 aromatic rings. The topological polar surface area (TPSA) is 48.7 Å². The van der Waals surface area contributed by atoms with E-state index in [2.05, 4.69) is 0 Å². The highest BCUT2D eigenvalue weighted by molar-refractivity contribution is 5.84. The fourth-order valence-electron chi connectivity index (χ4n) is 1.69. The van der Waals surface area contributed by atoms with Crippen LogP contribution < -0.4 is 15.1 Å². The number of methoxy groups -OCH3 is 2. The lowest BCUT2D eigenvalue weighted by Crippen LogP contribution is -2.02. The van der Waals surface area contributed by atoms with Gasteiger partial charge in [-0.25, -0.2) is 13.6 Å². The van der Waals surface area contributed by atoms with Crippen LogP contribution >= 0.6 is 0 Å². The van der Waals surface area contributed by atoms with Crippen molar-refractivity contribution in [3.8, 4) is 11.5 Å². The molecule has 0 aliphatic heterocycles. The SMILES string of the molecule is COc1cc2oc(=O)cc(C(F)F)c2cc1OC. The highest BCUT2D eigenvalue weighted by Crippen LogP contribution is 2.35. The van der Waals surface area contributed by atoms with Crippen molar-refractivity contribution < 1.29 is 22.7 Å². The van der Waals surface area contributed by atoms with Gasteiger partial charge in [-0.1, -0.05) is 0 Å². The lowest BCUT2D eigenvalue weighted by molar-refractivity contribution is 0.152. The molecule has 1 heterocycles. The second kappa shape index (κ2) is 4.64. The first-order valence-corrected chi connectivity index (χ1v) is 5.04. The molecule has 96 valence electrons. The van der Waals surface area contributed by atoms with Crippen LogP contribution in [0, 0.1) is 0 Å². The Morgan fingerprint density at radius 1 is 1.11 bits per heavy atom. The molecule has 0 amide bonds. The summed E-state index contributed by atoms with van der Waals surface area (Å²) >= 11 is 0. The second-order valence-corrected chi connectivity index (χ2v) is 3.52. The van der Waals surface area contributed by atoms with Crippen LogP contribution in [-0.4, -0.2) is 14.2 Å². The summed E-state index contributed by atoms with van der Waals surface area (Å²) in [6.07, 6.45) is -2.77. The Balaban J connectivity index is 2.83. The quantitative estimate of drug-likeness (QED) is 0.792. The van der Waals surface area contributed by atoms with Gasteiger partial charge in [-0.3, -0.25) is 0 Å². The van der Waals surface area contributed by atoms with Gasteiger partial charge in [0.2, 0.25) is 0 Å². The minimum absolute atomic E-state index is 0.0375. The molecule has 0 spiro atoms. The summed E-state index contributed by atoms with van der Waals surface area (Å²) < 4.78 is 40.6. The van der Waals surface area contributed by atoms with Gasteiger partial charge in [0.25, 0.3) is 6.43 Å². The van der Waals surface area contributed by atoms with Crippen molar-refractivity contribution in [2.45, 2.75) is 6.43 Å². The van der Waals surface area contributed by atoms with E-state index in [1.807, 2.05) is 0 Å². The van der Waals surface area contributed by atoms with E-state index in [0.717, 1.165) is 6.07 Å². The Bertz CT molecular complexity index is 634. The van der Waals surface area contributed by atoms with Crippen molar-refractivity contribution >= 4 is 11.0 Å². The van der Waals surface area contributed by atoms with Crippen LogP contribution in [0.25, 0.3) is 11.0 Å². The maximum Gasteiger partial charge on any atom is 0.336 e. The van der Waals surface area contributed by atoms with Crippen molar-refractivity contribution in [3.63, 3.8) is 0 Å². The zero-order chi connectivity index (χ0) is 13.3. The minimum atomic E-state index is -2.77. The Kier molecular flexibility index (Phi) is 3.18. The molecule has 0 aliphatic rings. The Hall–Kier alpha value is -2.11. The van der Waals surface area contributed by atoms with Crippen LogP contribution in [0.4, 0.5) is 8.78 Å². The zero-order valence-electron chi connectivity index (χ0n) is 9.70. The number of hydrogen-bond acceptors (Lipinski definition) is 4. The standard InChI is InChI=1S/C12H10F2O4/c1-16-9-3-6-7(12(13)14)4-11(15)18-8(6)5-10(9)17-2/h3-5,12H,1-2H3. The van der Waals surface area contributed by atoms with Crippen LogP contribution in [-0.2, 0) is 0 Å². The van der Waals surface area contributed by atoms with Crippen LogP contribution in [0.1, 0.15) is 12.0 Å². The third-order valence-corrected chi connectivity index (χ3v) is 2.52. The molecular formula is C12H10F2O4. The fraction of sp³-hybridized carbons (Fsp3) is 0.250. The molecule has 0 bridgehead atoms. The van der Waals surface area contributed by atoms with E-state index in [0.29, 0.717) is 11.5 Å². The van der Waals surface area contributed by atoms with Gasteiger partial charge in [-0.15, -0.1) is 0 Å². The van der Waals surface area contributed by atoms with Gasteiger partial charge in [0.15, 0.2) is 11.5 Å². The normalized spacial score (nSPS) is 10.9. The van der Waals surface area contributed by atoms with Gasteiger partial charge >= 0.3 is 5.63 Å². The van der Waals surface area contributed by atoms with Crippen LogP contribution in [0.15, 0.2) is 27.4 Å². The molecule has 0 saturated carbocycles. The van der Waals surface area contributed by atoms with E-state index < -0.39 is 12.1 Å². The van der Waals surface area contributed by atoms with Crippen molar-refractivity contribution in [1.82, 2.24) is 0 Å². The van der Waals surface area contributed by atoms with Gasteiger partial charge in [-0.2, -0.15) is 0 Å². The molecule has 0 fully saturated rings. The number of fused-ring (bicyclic) bond motifs is 1. The number of alkyl halides is 2. The largest absolute Gasteiger partial charge is 0.493 e. The minimum Gasteiger partial charge on any atom is -0.493 e. The molecule has 0 saturated heterocycles. The molecule has 0 radical (unpaired) electrons. The number of hydrogen-bond donors (Lipinski definition) is 0. The van der Waals surface area contributed by atoms with E-state index in [4.69, 9.17) is 13.9 Å². The van der Waals surface area contributed by atoms with Crippen molar-refractivity contribution in [3.05, 3.63) is 34.2 Å². The molecule has 0 N–H and O–H groups in total. The maximum absolute atomic E-state index is 12.8. The van der Waals surface area contributed by atoms with Crippen LogP contribution in [0.5, 0.6) is 11.5 Å². The predicted octanol–water partition coefficient (Wildman–Crippen LogP) is 2.75. The average Bonchev–Trinajstić information content (AvgIpc) is 2.35. The number of benzene rings is 1. The molecule has 0 unspecified atom stereocenters. The first-order valence-electron chi connectivity index (χ1n) is 5.04. The van der Waals surface area contributed by atoms with Gasteiger partial charge in [-0.05, 0) is 6.07 Å². The lowest BCUT2D eigenvalue weighted by atomic mass is 10.1. The summed E-state index contributed by atoms with van der Waals surface area (Å²) in [5, 5.41) is 0.127. The molecule has 6 heteroatoms. The summed E-state index contributed by atoms with van der Waals surface area (Å²) in [5.41, 5.74) is -1.18.